The van der Waals surface area contributed by atoms with Gasteiger partial charge < -0.3 is 0 Å². The van der Waals surface area contributed by atoms with Crippen LogP contribution in [0.3, 0.4) is 0 Å². The predicted octanol–water partition coefficient (Wildman–Crippen LogP) is 2.19. The Morgan fingerprint density at radius 3 is 2.32 bits per heavy atom. The van der Waals surface area contributed by atoms with Crippen molar-refractivity contribution in [3.63, 3.8) is 0 Å². The first kappa shape index (κ1) is 13.0. The summed E-state index contributed by atoms with van der Waals surface area (Å²) >= 11 is 5.92. The normalized spacial score (nSPS) is 19.1. The number of halogens is 1. The molecule has 0 unspecified atom stereocenters. The smallest absolute Gasteiger partial charge is 0.297 e. The van der Waals surface area contributed by atoms with Gasteiger partial charge in [0.25, 0.3) is 5.56 Å². The van der Waals surface area contributed by atoms with Crippen molar-refractivity contribution in [3.05, 3.63) is 31.6 Å². The van der Waals surface area contributed by atoms with Crippen LogP contribution in [0.4, 0.5) is 0 Å². The third kappa shape index (κ3) is 2.50. The van der Waals surface area contributed by atoms with Crippen LogP contribution in [0.15, 0.2) is 9.59 Å². The molecule has 0 amide bonds. The fourth-order valence-electron chi connectivity index (χ4n) is 3.00. The van der Waals surface area contributed by atoms with Crippen molar-refractivity contribution in [3.8, 4) is 0 Å². The summed E-state index contributed by atoms with van der Waals surface area (Å²) in [4.78, 5) is 26.9. The lowest BCUT2D eigenvalue weighted by molar-refractivity contribution is 0.337. The van der Waals surface area contributed by atoms with E-state index in [1.54, 1.807) is 0 Å². The highest BCUT2D eigenvalue weighted by molar-refractivity contribution is 6.30. The van der Waals surface area contributed by atoms with Crippen molar-refractivity contribution < 1.29 is 0 Å². The van der Waals surface area contributed by atoms with E-state index >= 15 is 0 Å². The molecule has 0 bridgehead atoms. The zero-order valence-electron chi connectivity index (χ0n) is 11.1. The summed E-state index contributed by atoms with van der Waals surface area (Å²) in [6.45, 7) is 2.44. The van der Waals surface area contributed by atoms with Crippen molar-refractivity contribution in [2.24, 2.45) is 17.8 Å². The van der Waals surface area contributed by atoms with Gasteiger partial charge in [-0.2, -0.15) is 0 Å². The van der Waals surface area contributed by atoms with Gasteiger partial charge >= 0.3 is 5.69 Å². The largest absolute Gasteiger partial charge is 0.329 e. The molecule has 19 heavy (non-hydrogen) atoms. The quantitative estimate of drug-likeness (QED) is 0.842. The van der Waals surface area contributed by atoms with E-state index in [1.807, 2.05) is 6.92 Å². The van der Waals surface area contributed by atoms with Gasteiger partial charge in [-0.25, -0.2) is 4.79 Å². The second-order valence-corrected chi connectivity index (χ2v) is 6.21. The summed E-state index contributed by atoms with van der Waals surface area (Å²) in [5, 5.41) is 0.197. The lowest BCUT2D eigenvalue weighted by atomic mass is 9.98. The summed E-state index contributed by atoms with van der Waals surface area (Å²) in [6.07, 6.45) is 5.56. The molecule has 0 spiro atoms. The molecule has 1 aromatic heterocycles. The zero-order valence-corrected chi connectivity index (χ0v) is 11.9. The Morgan fingerprint density at radius 2 is 1.84 bits per heavy atom. The van der Waals surface area contributed by atoms with E-state index in [0.29, 0.717) is 24.4 Å². The van der Waals surface area contributed by atoms with E-state index in [2.05, 4.69) is 4.98 Å². The number of hydrogen-bond donors (Lipinski definition) is 1. The Hall–Kier alpha value is -1.03. The molecule has 1 aromatic rings. The lowest BCUT2D eigenvalue weighted by Crippen LogP contribution is -2.39. The van der Waals surface area contributed by atoms with Crippen molar-refractivity contribution >= 4 is 11.6 Å². The first-order valence-electron chi connectivity index (χ1n) is 7.13. The van der Waals surface area contributed by atoms with Crippen LogP contribution in [0, 0.1) is 17.8 Å². The second-order valence-electron chi connectivity index (χ2n) is 5.83. The van der Waals surface area contributed by atoms with Crippen LogP contribution in [-0.4, -0.2) is 9.55 Å². The van der Waals surface area contributed by atoms with E-state index in [0.717, 1.165) is 11.8 Å². The summed E-state index contributed by atoms with van der Waals surface area (Å²) in [5.41, 5.74) is -0.0485. The number of aromatic nitrogens is 2. The highest BCUT2D eigenvalue weighted by Gasteiger charge is 2.41. The monoisotopic (exact) mass is 282 g/mol. The van der Waals surface area contributed by atoms with E-state index in [1.165, 1.54) is 30.3 Å². The number of nitrogens with zero attached hydrogens (tertiary/aromatic N) is 1. The zero-order chi connectivity index (χ0) is 13.6. The van der Waals surface area contributed by atoms with Gasteiger partial charge in [-0.15, -0.1) is 0 Å². The molecule has 2 aliphatic carbocycles. The van der Waals surface area contributed by atoms with Gasteiger partial charge in [0.05, 0.1) is 5.56 Å². The molecular weight excluding hydrogens is 264 g/mol. The Labute approximate surface area is 116 Å². The van der Waals surface area contributed by atoms with Crippen LogP contribution >= 0.6 is 11.6 Å². The minimum atomic E-state index is -0.363. The van der Waals surface area contributed by atoms with Crippen LogP contribution in [0.25, 0.3) is 0 Å². The highest BCUT2D eigenvalue weighted by atomic mass is 35.5. The average Bonchev–Trinajstić information content (AvgIpc) is 3.23. The lowest BCUT2D eigenvalue weighted by Gasteiger charge is -2.17. The molecule has 0 aromatic carbocycles. The summed E-state index contributed by atoms with van der Waals surface area (Å²) in [7, 11) is 0. The van der Waals surface area contributed by atoms with Gasteiger partial charge in [0.15, 0.2) is 0 Å². The van der Waals surface area contributed by atoms with Gasteiger partial charge in [0.2, 0.25) is 0 Å². The fourth-order valence-corrected chi connectivity index (χ4v) is 3.30. The molecule has 1 heterocycles. The third-order valence-electron chi connectivity index (χ3n) is 4.43. The molecule has 104 valence electrons. The van der Waals surface area contributed by atoms with Gasteiger partial charge in [0, 0.05) is 6.54 Å². The molecule has 5 heteroatoms. The Morgan fingerprint density at radius 1 is 1.26 bits per heavy atom. The number of H-pyrrole nitrogens is 1. The van der Waals surface area contributed by atoms with Crippen molar-refractivity contribution in [2.45, 2.75) is 45.6 Å². The van der Waals surface area contributed by atoms with Gasteiger partial charge in [0.1, 0.15) is 5.15 Å². The Bertz CT molecular complexity index is 584. The molecule has 4 nitrogen and oxygen atoms in total. The maximum absolute atomic E-state index is 12.3. The number of hydrogen-bond acceptors (Lipinski definition) is 2. The van der Waals surface area contributed by atoms with Gasteiger partial charge in [-0.3, -0.25) is 14.3 Å². The Kier molecular flexibility index (Phi) is 3.29. The van der Waals surface area contributed by atoms with Crippen LogP contribution < -0.4 is 11.2 Å². The SMILES string of the molecule is CCc1c(Cl)[nH]c(=O)n(CC(C2CC2)C2CC2)c1=O. The molecule has 0 atom stereocenters. The number of aromatic amines is 1. The van der Waals surface area contributed by atoms with Crippen molar-refractivity contribution in [1.29, 1.82) is 0 Å². The Balaban J connectivity index is 1.95. The average molecular weight is 283 g/mol. The molecular formula is C14H19ClN2O2. The summed E-state index contributed by atoms with van der Waals surface area (Å²) in [6, 6.07) is 0. The summed E-state index contributed by atoms with van der Waals surface area (Å²) < 4.78 is 1.37. The molecule has 2 saturated carbocycles. The van der Waals surface area contributed by atoms with Crippen LogP contribution in [0.5, 0.6) is 0 Å². The molecule has 0 aliphatic heterocycles. The summed E-state index contributed by atoms with van der Waals surface area (Å²) in [5.74, 6) is 1.95. The molecule has 3 rings (SSSR count). The minimum absolute atomic E-state index is 0.197. The van der Waals surface area contributed by atoms with E-state index in [-0.39, 0.29) is 16.4 Å². The maximum atomic E-state index is 12.3. The van der Waals surface area contributed by atoms with Crippen molar-refractivity contribution in [2.75, 3.05) is 0 Å². The van der Waals surface area contributed by atoms with Crippen LogP contribution in [0.1, 0.15) is 38.2 Å². The standard InChI is InChI=1S/C14H19ClN2O2/c1-2-10-12(15)16-14(19)17(13(10)18)7-11(8-3-4-8)9-5-6-9/h8-9,11H,2-7H2,1H3,(H,16,19). The van der Waals surface area contributed by atoms with E-state index in [4.69, 9.17) is 11.6 Å². The molecule has 1 N–H and O–H groups in total. The van der Waals surface area contributed by atoms with E-state index in [9.17, 15) is 9.59 Å². The van der Waals surface area contributed by atoms with E-state index < -0.39 is 0 Å². The fraction of sp³-hybridized carbons (Fsp3) is 0.714. The third-order valence-corrected chi connectivity index (χ3v) is 4.75. The predicted molar refractivity (Wildman–Crippen MR) is 74.6 cm³/mol. The maximum Gasteiger partial charge on any atom is 0.329 e. The second kappa shape index (κ2) is 4.82. The van der Waals surface area contributed by atoms with Crippen LogP contribution in [-0.2, 0) is 13.0 Å². The number of nitrogens with one attached hydrogen (secondary N) is 1. The molecule has 2 aliphatic rings. The highest BCUT2D eigenvalue weighted by Crippen LogP contribution is 2.49. The van der Waals surface area contributed by atoms with Crippen molar-refractivity contribution in [1.82, 2.24) is 9.55 Å². The minimum Gasteiger partial charge on any atom is -0.297 e. The van der Waals surface area contributed by atoms with Crippen LogP contribution in [0.2, 0.25) is 5.15 Å². The first-order chi connectivity index (χ1) is 9.11. The molecule has 0 saturated heterocycles. The first-order valence-corrected chi connectivity index (χ1v) is 7.51. The topological polar surface area (TPSA) is 54.9 Å². The van der Waals surface area contributed by atoms with Gasteiger partial charge in [-0.1, -0.05) is 18.5 Å². The molecule has 2 fully saturated rings. The van der Waals surface area contributed by atoms with Gasteiger partial charge in [-0.05, 0) is 49.9 Å². The number of rotatable bonds is 5. The molecule has 0 radical (unpaired) electrons.